The minimum absolute atomic E-state index is 0.0744. The van der Waals surface area contributed by atoms with E-state index in [-0.39, 0.29) is 11.5 Å². The Bertz CT molecular complexity index is 1100. The molecule has 1 aliphatic carbocycles. The summed E-state index contributed by atoms with van der Waals surface area (Å²) in [6, 6.07) is 6.25. The minimum Gasteiger partial charge on any atom is -0.355 e. The Morgan fingerprint density at radius 2 is 2.07 bits per heavy atom. The lowest BCUT2D eigenvalue weighted by Crippen LogP contribution is -2.44. The molecule has 2 aliphatic rings. The Hall–Kier alpha value is -2.99. The predicted molar refractivity (Wildman–Crippen MR) is 116 cm³/mol. The number of hydrogen-bond acceptors (Lipinski definition) is 5. The van der Waals surface area contributed by atoms with Crippen molar-refractivity contribution in [3.8, 4) is 0 Å². The number of anilines is 1. The molecular weight excluding hydrogens is 360 g/mol. The van der Waals surface area contributed by atoms with Crippen molar-refractivity contribution in [3.05, 3.63) is 72.5 Å². The molecule has 1 spiro atoms. The second-order valence-corrected chi connectivity index (χ2v) is 8.22. The van der Waals surface area contributed by atoms with Crippen LogP contribution in [-0.4, -0.2) is 32.7 Å². The molecule has 148 valence electrons. The highest BCUT2D eigenvalue weighted by Gasteiger charge is 2.46. The molecule has 0 aromatic carbocycles. The molecule has 0 radical (unpaired) electrons. The van der Waals surface area contributed by atoms with Crippen LogP contribution in [0.2, 0.25) is 0 Å². The van der Waals surface area contributed by atoms with Crippen LogP contribution in [0.5, 0.6) is 0 Å². The number of nitrogens with zero attached hydrogens (tertiary/aromatic N) is 5. The average Bonchev–Trinajstić information content (AvgIpc) is 3.33. The predicted octanol–water partition coefficient (Wildman–Crippen LogP) is 3.56. The number of nitrogens with two attached hydrogens (primary N) is 1. The van der Waals surface area contributed by atoms with E-state index in [4.69, 9.17) is 10.7 Å². The molecule has 1 fully saturated rings. The van der Waals surface area contributed by atoms with Crippen molar-refractivity contribution >= 4 is 16.9 Å². The first-order valence-corrected chi connectivity index (χ1v) is 10.2. The molecule has 1 saturated heterocycles. The zero-order chi connectivity index (χ0) is 20.0. The lowest BCUT2D eigenvalue weighted by molar-refractivity contribution is 0.187. The third kappa shape index (κ3) is 2.78. The summed E-state index contributed by atoms with van der Waals surface area (Å²) in [5.41, 5.74) is 12.3. The molecule has 4 heterocycles. The van der Waals surface area contributed by atoms with E-state index < -0.39 is 0 Å². The van der Waals surface area contributed by atoms with Crippen molar-refractivity contribution in [3.63, 3.8) is 0 Å². The molecule has 3 aromatic rings. The monoisotopic (exact) mass is 386 g/mol. The van der Waals surface area contributed by atoms with Gasteiger partial charge in [-0.05, 0) is 54.9 Å². The molecule has 1 unspecified atom stereocenters. The summed E-state index contributed by atoms with van der Waals surface area (Å²) in [5, 5.41) is 4.53. The highest BCUT2D eigenvalue weighted by Crippen LogP contribution is 2.50. The first kappa shape index (κ1) is 18.1. The Labute approximate surface area is 170 Å². The van der Waals surface area contributed by atoms with Crippen molar-refractivity contribution in [2.24, 2.45) is 11.1 Å². The zero-order valence-corrected chi connectivity index (χ0v) is 16.8. The highest BCUT2D eigenvalue weighted by atomic mass is 15.3. The van der Waals surface area contributed by atoms with Gasteiger partial charge in [0.15, 0.2) is 5.82 Å². The molecule has 0 saturated carbocycles. The molecule has 2 N–H and O–H groups in total. The van der Waals surface area contributed by atoms with Crippen LogP contribution in [0.1, 0.15) is 42.8 Å². The van der Waals surface area contributed by atoms with E-state index in [1.165, 1.54) is 11.3 Å². The number of rotatable bonds is 3. The lowest BCUT2D eigenvalue weighted by atomic mass is 9.73. The van der Waals surface area contributed by atoms with Crippen molar-refractivity contribution in [2.75, 3.05) is 18.0 Å². The van der Waals surface area contributed by atoms with Crippen molar-refractivity contribution in [1.29, 1.82) is 0 Å². The number of hydrogen-bond donors (Lipinski definition) is 1. The van der Waals surface area contributed by atoms with Crippen molar-refractivity contribution < 1.29 is 0 Å². The maximum Gasteiger partial charge on any atom is 0.154 e. The van der Waals surface area contributed by atoms with Gasteiger partial charge in [0.05, 0.1) is 18.1 Å². The second-order valence-electron chi connectivity index (χ2n) is 8.22. The van der Waals surface area contributed by atoms with Crippen LogP contribution in [-0.2, 0) is 6.42 Å². The van der Waals surface area contributed by atoms with Crippen molar-refractivity contribution in [1.82, 2.24) is 19.6 Å². The fourth-order valence-corrected chi connectivity index (χ4v) is 4.99. The van der Waals surface area contributed by atoms with Crippen LogP contribution in [0.25, 0.3) is 11.1 Å². The van der Waals surface area contributed by atoms with E-state index in [0.29, 0.717) is 0 Å². The fraction of sp³-hybridized carbons (Fsp3) is 0.348. The van der Waals surface area contributed by atoms with Gasteiger partial charge in [-0.1, -0.05) is 24.8 Å². The van der Waals surface area contributed by atoms with Crippen LogP contribution in [0, 0.1) is 5.41 Å². The number of fused-ring (bicyclic) bond motifs is 2. The van der Waals surface area contributed by atoms with E-state index in [0.717, 1.165) is 55.0 Å². The van der Waals surface area contributed by atoms with E-state index in [9.17, 15) is 0 Å². The molecule has 1 atom stereocenters. The molecule has 3 aromatic heterocycles. The summed E-state index contributed by atoms with van der Waals surface area (Å²) in [5.74, 6) is 0.995. The normalized spacial score (nSPS) is 21.0. The summed E-state index contributed by atoms with van der Waals surface area (Å²) in [6.07, 6.45) is 12.5. The standard InChI is InChI=1S/C23H26N6/c1-3-5-16(2)20-15-26-22(19-7-11-27-29(19)20)28-12-8-23(9-13-28)14-18-17(21(23)24)6-4-10-25-18/h3-7,10-11,15,21H,1,8-9,12-14,24H2,2H3/b16-5+. The topological polar surface area (TPSA) is 72.3 Å². The van der Waals surface area contributed by atoms with Crippen molar-refractivity contribution in [2.45, 2.75) is 32.2 Å². The van der Waals surface area contributed by atoms with Crippen LogP contribution >= 0.6 is 0 Å². The molecule has 1 aliphatic heterocycles. The van der Waals surface area contributed by atoms with Gasteiger partial charge in [-0.3, -0.25) is 4.98 Å². The maximum atomic E-state index is 6.69. The number of pyridine rings is 1. The van der Waals surface area contributed by atoms with Gasteiger partial charge in [0, 0.05) is 31.0 Å². The highest BCUT2D eigenvalue weighted by molar-refractivity contribution is 5.73. The smallest absolute Gasteiger partial charge is 0.154 e. The lowest BCUT2D eigenvalue weighted by Gasteiger charge is -2.42. The van der Waals surface area contributed by atoms with Gasteiger partial charge in [-0.15, -0.1) is 0 Å². The molecule has 29 heavy (non-hydrogen) atoms. The number of allylic oxidation sites excluding steroid dienone is 3. The SMILES string of the molecule is C=C/C=C(\C)c1cnc(N2CCC3(CC2)Cc2ncccc2C3N)c2ccnn12. The Kier molecular flexibility index (Phi) is 4.24. The summed E-state index contributed by atoms with van der Waals surface area (Å²) >= 11 is 0. The molecule has 5 rings (SSSR count). The van der Waals surface area contributed by atoms with E-state index in [2.05, 4.69) is 34.6 Å². The Balaban J connectivity index is 1.42. The van der Waals surface area contributed by atoms with Crippen LogP contribution in [0.3, 0.4) is 0 Å². The van der Waals surface area contributed by atoms with Gasteiger partial charge in [0.25, 0.3) is 0 Å². The third-order valence-electron chi connectivity index (χ3n) is 6.68. The molecule has 0 bridgehead atoms. The van der Waals surface area contributed by atoms with Gasteiger partial charge in [-0.25, -0.2) is 9.50 Å². The van der Waals surface area contributed by atoms with Crippen LogP contribution < -0.4 is 10.6 Å². The second kappa shape index (κ2) is 6.81. The first-order valence-electron chi connectivity index (χ1n) is 10.2. The molecule has 6 nitrogen and oxygen atoms in total. The summed E-state index contributed by atoms with van der Waals surface area (Å²) in [7, 11) is 0. The van der Waals surface area contributed by atoms with Gasteiger partial charge in [-0.2, -0.15) is 5.10 Å². The average molecular weight is 387 g/mol. The van der Waals surface area contributed by atoms with Crippen LogP contribution in [0.15, 0.2) is 55.5 Å². The zero-order valence-electron chi connectivity index (χ0n) is 16.8. The van der Waals surface area contributed by atoms with Gasteiger partial charge < -0.3 is 10.6 Å². The fourth-order valence-electron chi connectivity index (χ4n) is 4.99. The quantitative estimate of drug-likeness (QED) is 0.697. The minimum atomic E-state index is 0.0744. The largest absolute Gasteiger partial charge is 0.355 e. The van der Waals surface area contributed by atoms with Gasteiger partial charge >= 0.3 is 0 Å². The molecule has 6 heteroatoms. The van der Waals surface area contributed by atoms with E-state index in [1.807, 2.05) is 41.3 Å². The molecule has 0 amide bonds. The molecular formula is C23H26N6. The van der Waals surface area contributed by atoms with E-state index >= 15 is 0 Å². The van der Waals surface area contributed by atoms with E-state index in [1.54, 1.807) is 6.08 Å². The van der Waals surface area contributed by atoms with Gasteiger partial charge in [0.1, 0.15) is 5.52 Å². The summed E-state index contributed by atoms with van der Waals surface area (Å²) in [6.45, 7) is 7.73. The number of aromatic nitrogens is 4. The van der Waals surface area contributed by atoms with Gasteiger partial charge in [0.2, 0.25) is 0 Å². The Morgan fingerprint density at radius 3 is 2.83 bits per heavy atom. The first-order chi connectivity index (χ1) is 14.1. The van der Waals surface area contributed by atoms with Crippen LogP contribution in [0.4, 0.5) is 5.82 Å². The Morgan fingerprint density at radius 1 is 1.24 bits per heavy atom. The maximum absolute atomic E-state index is 6.69. The summed E-state index contributed by atoms with van der Waals surface area (Å²) < 4.78 is 1.98. The summed E-state index contributed by atoms with van der Waals surface area (Å²) in [4.78, 5) is 11.8. The number of piperidine rings is 1. The third-order valence-corrected chi connectivity index (χ3v) is 6.68.